The van der Waals surface area contributed by atoms with Gasteiger partial charge >= 0.3 is 0 Å². The Labute approximate surface area is 122 Å². The molecule has 4 heteroatoms. The average Bonchev–Trinajstić information content (AvgIpc) is 2.39. The summed E-state index contributed by atoms with van der Waals surface area (Å²) in [5, 5.41) is 0.346. The molecule has 0 aliphatic rings. The molecular weight excluding hydrogens is 279 g/mol. The fraction of sp³-hybridized carbons (Fsp3) is 0.188. The first-order valence-electron chi connectivity index (χ1n) is 6.19. The SMILES string of the molecule is CC(=O)Cc1ccc(OCc2ccc(F)cc2Cl)cc1. The molecule has 2 nitrogen and oxygen atoms in total. The standard InChI is InChI=1S/C16H14ClFO2/c1-11(19)8-12-2-6-15(7-3-12)20-10-13-4-5-14(18)9-16(13)17/h2-7,9H,8,10H2,1H3. The van der Waals surface area contributed by atoms with E-state index >= 15 is 0 Å². The van der Waals surface area contributed by atoms with Crippen LogP contribution in [0.25, 0.3) is 0 Å². The number of carbonyl (C=O) groups is 1. The molecule has 0 radical (unpaired) electrons. The largest absolute Gasteiger partial charge is 0.489 e. The van der Waals surface area contributed by atoms with Crippen LogP contribution >= 0.6 is 11.6 Å². The Morgan fingerprint density at radius 1 is 1.20 bits per heavy atom. The minimum atomic E-state index is -0.368. The van der Waals surface area contributed by atoms with Crippen molar-refractivity contribution in [2.45, 2.75) is 20.0 Å². The van der Waals surface area contributed by atoms with E-state index in [4.69, 9.17) is 16.3 Å². The van der Waals surface area contributed by atoms with Gasteiger partial charge in [0.15, 0.2) is 0 Å². The molecule has 0 aromatic heterocycles. The Morgan fingerprint density at radius 3 is 2.50 bits per heavy atom. The van der Waals surface area contributed by atoms with Crippen molar-refractivity contribution < 1.29 is 13.9 Å². The minimum absolute atomic E-state index is 0.122. The highest BCUT2D eigenvalue weighted by molar-refractivity contribution is 6.31. The summed E-state index contributed by atoms with van der Waals surface area (Å²) in [7, 11) is 0. The lowest BCUT2D eigenvalue weighted by Gasteiger charge is -2.08. The Bertz CT molecular complexity index is 608. The van der Waals surface area contributed by atoms with Crippen LogP contribution in [0.1, 0.15) is 18.1 Å². The zero-order chi connectivity index (χ0) is 14.5. The van der Waals surface area contributed by atoms with E-state index in [1.807, 2.05) is 12.1 Å². The normalized spacial score (nSPS) is 10.3. The van der Waals surface area contributed by atoms with Crippen molar-refractivity contribution in [2.75, 3.05) is 0 Å². The second kappa shape index (κ2) is 6.53. The average molecular weight is 293 g/mol. The van der Waals surface area contributed by atoms with E-state index in [9.17, 15) is 9.18 Å². The number of rotatable bonds is 5. The maximum atomic E-state index is 12.9. The molecule has 0 bridgehead atoms. The van der Waals surface area contributed by atoms with Gasteiger partial charge < -0.3 is 4.74 Å². The number of Topliss-reactive ketones (excluding diaryl/α,β-unsaturated/α-hetero) is 1. The number of hydrogen-bond donors (Lipinski definition) is 0. The van der Waals surface area contributed by atoms with Crippen molar-refractivity contribution in [1.82, 2.24) is 0 Å². The summed E-state index contributed by atoms with van der Waals surface area (Å²) < 4.78 is 18.5. The van der Waals surface area contributed by atoms with Crippen LogP contribution in [-0.4, -0.2) is 5.78 Å². The Morgan fingerprint density at radius 2 is 1.90 bits per heavy atom. The molecule has 2 aromatic rings. The summed E-state index contributed by atoms with van der Waals surface area (Å²) in [5.41, 5.74) is 1.67. The molecule has 2 aromatic carbocycles. The van der Waals surface area contributed by atoms with E-state index in [1.54, 1.807) is 25.1 Å². The van der Waals surface area contributed by atoms with E-state index in [0.29, 0.717) is 17.2 Å². The fourth-order valence-electron chi connectivity index (χ4n) is 1.79. The molecule has 0 heterocycles. The lowest BCUT2D eigenvalue weighted by Crippen LogP contribution is -1.98. The first-order chi connectivity index (χ1) is 9.54. The second-order valence-electron chi connectivity index (χ2n) is 4.55. The molecule has 0 saturated heterocycles. The molecule has 0 aliphatic carbocycles. The van der Waals surface area contributed by atoms with Crippen molar-refractivity contribution in [3.8, 4) is 5.75 Å². The first-order valence-corrected chi connectivity index (χ1v) is 6.57. The maximum absolute atomic E-state index is 12.9. The fourth-order valence-corrected chi connectivity index (χ4v) is 2.01. The van der Waals surface area contributed by atoms with E-state index < -0.39 is 0 Å². The molecule has 0 spiro atoms. The van der Waals surface area contributed by atoms with Crippen LogP contribution in [0, 0.1) is 5.82 Å². The van der Waals surface area contributed by atoms with Crippen molar-refractivity contribution in [1.29, 1.82) is 0 Å². The molecule has 20 heavy (non-hydrogen) atoms. The summed E-state index contributed by atoms with van der Waals surface area (Å²) in [6.07, 6.45) is 0.421. The van der Waals surface area contributed by atoms with Gasteiger partial charge in [0.05, 0.1) is 5.02 Å². The summed E-state index contributed by atoms with van der Waals surface area (Å²) in [6, 6.07) is 11.5. The Kier molecular flexibility index (Phi) is 4.74. The van der Waals surface area contributed by atoms with Crippen LogP contribution in [0.3, 0.4) is 0 Å². The molecule has 0 N–H and O–H groups in total. The second-order valence-corrected chi connectivity index (χ2v) is 4.95. The van der Waals surface area contributed by atoms with Crippen LogP contribution in [0.2, 0.25) is 5.02 Å². The molecule has 0 aliphatic heterocycles. The highest BCUT2D eigenvalue weighted by atomic mass is 35.5. The highest BCUT2D eigenvalue weighted by Gasteiger charge is 2.04. The minimum Gasteiger partial charge on any atom is -0.489 e. The quantitative estimate of drug-likeness (QED) is 0.826. The number of hydrogen-bond acceptors (Lipinski definition) is 2. The molecule has 0 fully saturated rings. The third-order valence-electron chi connectivity index (χ3n) is 2.79. The van der Waals surface area contributed by atoms with Gasteiger partial charge in [-0.25, -0.2) is 4.39 Å². The Hall–Kier alpha value is -1.87. The molecule has 0 unspecified atom stereocenters. The van der Waals surface area contributed by atoms with Gasteiger partial charge in [0.1, 0.15) is 24.0 Å². The third kappa shape index (κ3) is 4.07. The van der Waals surface area contributed by atoms with Crippen LogP contribution in [0.5, 0.6) is 5.75 Å². The number of ether oxygens (including phenoxy) is 1. The number of ketones is 1. The number of halogens is 2. The van der Waals surface area contributed by atoms with Crippen LogP contribution in [0.15, 0.2) is 42.5 Å². The van der Waals surface area contributed by atoms with Gasteiger partial charge in [0.2, 0.25) is 0 Å². The lowest BCUT2D eigenvalue weighted by molar-refractivity contribution is -0.116. The highest BCUT2D eigenvalue weighted by Crippen LogP contribution is 2.20. The maximum Gasteiger partial charge on any atom is 0.134 e. The predicted molar refractivity (Wildman–Crippen MR) is 76.6 cm³/mol. The number of carbonyl (C=O) groups excluding carboxylic acids is 1. The van der Waals surface area contributed by atoms with Crippen molar-refractivity contribution in [3.05, 3.63) is 64.4 Å². The van der Waals surface area contributed by atoms with E-state index in [-0.39, 0.29) is 18.2 Å². The molecule has 2 rings (SSSR count). The van der Waals surface area contributed by atoms with Gasteiger partial charge in [0, 0.05) is 12.0 Å². The van der Waals surface area contributed by atoms with Gasteiger partial charge in [0.25, 0.3) is 0 Å². The summed E-state index contributed by atoms with van der Waals surface area (Å²) in [5.74, 6) is 0.432. The Balaban J connectivity index is 1.98. The molecule has 0 saturated carbocycles. The molecular formula is C16H14ClFO2. The van der Waals surface area contributed by atoms with Crippen LogP contribution in [-0.2, 0) is 17.8 Å². The summed E-state index contributed by atoms with van der Waals surface area (Å²) in [4.78, 5) is 11.0. The van der Waals surface area contributed by atoms with Gasteiger partial charge in [-0.2, -0.15) is 0 Å². The zero-order valence-electron chi connectivity index (χ0n) is 11.0. The summed E-state index contributed by atoms with van der Waals surface area (Å²) in [6.45, 7) is 1.83. The van der Waals surface area contributed by atoms with E-state index in [2.05, 4.69) is 0 Å². The topological polar surface area (TPSA) is 26.3 Å². The van der Waals surface area contributed by atoms with Crippen molar-refractivity contribution in [3.63, 3.8) is 0 Å². The number of benzene rings is 2. The summed E-state index contributed by atoms with van der Waals surface area (Å²) >= 11 is 5.92. The van der Waals surface area contributed by atoms with Gasteiger partial charge in [-0.3, -0.25) is 4.79 Å². The van der Waals surface area contributed by atoms with Crippen molar-refractivity contribution in [2.24, 2.45) is 0 Å². The zero-order valence-corrected chi connectivity index (χ0v) is 11.8. The van der Waals surface area contributed by atoms with Gasteiger partial charge in [-0.05, 0) is 36.8 Å². The third-order valence-corrected chi connectivity index (χ3v) is 3.14. The molecule has 104 valence electrons. The monoisotopic (exact) mass is 292 g/mol. The van der Waals surface area contributed by atoms with Crippen LogP contribution in [0.4, 0.5) is 4.39 Å². The van der Waals surface area contributed by atoms with Gasteiger partial charge in [-0.15, -0.1) is 0 Å². The molecule has 0 atom stereocenters. The van der Waals surface area contributed by atoms with Gasteiger partial charge in [-0.1, -0.05) is 29.8 Å². The van der Waals surface area contributed by atoms with E-state index in [1.165, 1.54) is 12.1 Å². The van der Waals surface area contributed by atoms with Crippen molar-refractivity contribution >= 4 is 17.4 Å². The molecule has 0 amide bonds. The lowest BCUT2D eigenvalue weighted by atomic mass is 10.1. The smallest absolute Gasteiger partial charge is 0.134 e. The van der Waals surface area contributed by atoms with E-state index in [0.717, 1.165) is 11.1 Å². The first kappa shape index (κ1) is 14.5. The van der Waals surface area contributed by atoms with Crippen LogP contribution < -0.4 is 4.74 Å². The predicted octanol–water partition coefficient (Wildman–Crippen LogP) is 4.19.